The number of aromatic nitrogens is 3. The number of rotatable bonds is 1. The van der Waals surface area contributed by atoms with E-state index in [1.807, 2.05) is 10.6 Å². The van der Waals surface area contributed by atoms with Crippen LogP contribution in [0, 0.1) is 13.8 Å². The summed E-state index contributed by atoms with van der Waals surface area (Å²) in [6.07, 6.45) is 1.75. The average Bonchev–Trinajstić information content (AvgIpc) is 2.64. The van der Waals surface area contributed by atoms with Crippen LogP contribution in [0.25, 0.3) is 16.9 Å². The van der Waals surface area contributed by atoms with Gasteiger partial charge in [-0.15, -0.1) is 0 Å². The molecule has 0 saturated carbocycles. The summed E-state index contributed by atoms with van der Waals surface area (Å²) in [5, 5.41) is 0. The maximum atomic E-state index is 6.10. The lowest BCUT2D eigenvalue weighted by Crippen LogP contribution is -2.05. The molecule has 0 aliphatic rings. The molecule has 2 N–H and O–H groups in total. The van der Waals surface area contributed by atoms with Gasteiger partial charge in [0, 0.05) is 15.1 Å². The van der Waals surface area contributed by atoms with Crippen molar-refractivity contribution in [1.82, 2.24) is 14.5 Å². The first-order valence-corrected chi connectivity index (χ1v) is 7.62. The highest BCUT2D eigenvalue weighted by Crippen LogP contribution is 2.29. The molecule has 102 valence electrons. The molecule has 0 saturated heterocycles. The summed E-state index contributed by atoms with van der Waals surface area (Å²) in [5.74, 6) is 0.444. The zero-order chi connectivity index (χ0) is 14.4. The van der Waals surface area contributed by atoms with Gasteiger partial charge in [0.25, 0.3) is 0 Å². The van der Waals surface area contributed by atoms with E-state index < -0.39 is 0 Å². The molecule has 3 rings (SSSR count). The first-order valence-electron chi connectivity index (χ1n) is 6.04. The molecule has 3 aromatic rings. The summed E-state index contributed by atoms with van der Waals surface area (Å²) in [5.41, 5.74) is 10.9. The van der Waals surface area contributed by atoms with Crippen molar-refractivity contribution in [3.05, 3.63) is 44.5 Å². The van der Waals surface area contributed by atoms with Gasteiger partial charge in [-0.25, -0.2) is 9.97 Å². The number of nitrogen functional groups attached to an aromatic ring is 1. The van der Waals surface area contributed by atoms with Gasteiger partial charge in [0.15, 0.2) is 5.65 Å². The number of imidazole rings is 1. The van der Waals surface area contributed by atoms with E-state index in [-0.39, 0.29) is 0 Å². The summed E-state index contributed by atoms with van der Waals surface area (Å²) < 4.78 is 3.84. The van der Waals surface area contributed by atoms with Crippen LogP contribution < -0.4 is 5.73 Å². The fraction of sp³-hybridized carbons (Fsp3) is 0.143. The summed E-state index contributed by atoms with van der Waals surface area (Å²) in [7, 11) is 0. The molecule has 2 aromatic heterocycles. The average molecular weight is 396 g/mol. The van der Waals surface area contributed by atoms with Crippen molar-refractivity contribution in [3.8, 4) is 5.69 Å². The van der Waals surface area contributed by atoms with Crippen LogP contribution in [0.15, 0.2) is 33.3 Å². The maximum absolute atomic E-state index is 6.10. The Morgan fingerprint density at radius 1 is 1.05 bits per heavy atom. The van der Waals surface area contributed by atoms with Gasteiger partial charge >= 0.3 is 0 Å². The van der Waals surface area contributed by atoms with E-state index in [0.717, 1.165) is 36.9 Å². The van der Waals surface area contributed by atoms with E-state index in [1.165, 1.54) is 0 Å². The summed E-state index contributed by atoms with van der Waals surface area (Å²) in [4.78, 5) is 8.84. The Labute approximate surface area is 133 Å². The van der Waals surface area contributed by atoms with E-state index >= 15 is 0 Å². The monoisotopic (exact) mass is 394 g/mol. The zero-order valence-electron chi connectivity index (χ0n) is 11.0. The number of aryl methyl sites for hydroxylation is 2. The first-order chi connectivity index (χ1) is 9.47. The molecule has 0 fully saturated rings. The molecule has 6 heteroatoms. The molecule has 0 bridgehead atoms. The zero-order valence-corrected chi connectivity index (χ0v) is 14.2. The van der Waals surface area contributed by atoms with Crippen molar-refractivity contribution >= 4 is 49.0 Å². The van der Waals surface area contributed by atoms with Crippen LogP contribution in [-0.2, 0) is 0 Å². The Balaban J connectivity index is 2.38. The summed E-state index contributed by atoms with van der Waals surface area (Å²) in [6.45, 7) is 4.11. The predicted molar refractivity (Wildman–Crippen MR) is 88.2 cm³/mol. The number of pyridine rings is 1. The van der Waals surface area contributed by atoms with Gasteiger partial charge in [0.1, 0.15) is 5.52 Å². The molecule has 2 heterocycles. The molecule has 4 nitrogen and oxygen atoms in total. The molecule has 0 aliphatic carbocycles. The molecule has 0 amide bonds. The van der Waals surface area contributed by atoms with Crippen LogP contribution in [0.2, 0.25) is 0 Å². The minimum Gasteiger partial charge on any atom is -0.369 e. The van der Waals surface area contributed by atoms with Crippen LogP contribution in [0.5, 0.6) is 0 Å². The highest BCUT2D eigenvalue weighted by Gasteiger charge is 2.15. The standard InChI is InChI=1S/C14H12Br2N4/c1-7-3-9(15)4-8(2)12(7)20-13-11(19-14(20)17)5-10(16)6-18-13/h3-6H,1-2H3,(H2,17,19). The molecular weight excluding hydrogens is 384 g/mol. The quantitative estimate of drug-likeness (QED) is 0.673. The number of hydrogen-bond acceptors (Lipinski definition) is 3. The maximum Gasteiger partial charge on any atom is 0.207 e. The molecule has 0 atom stereocenters. The van der Waals surface area contributed by atoms with Crippen molar-refractivity contribution in [1.29, 1.82) is 0 Å². The number of nitrogens with two attached hydrogens (primary N) is 1. The number of anilines is 1. The highest BCUT2D eigenvalue weighted by atomic mass is 79.9. The number of fused-ring (bicyclic) bond motifs is 1. The van der Waals surface area contributed by atoms with Crippen LogP contribution in [0.1, 0.15) is 11.1 Å². The number of benzene rings is 1. The Bertz CT molecular complexity index is 800. The third-order valence-electron chi connectivity index (χ3n) is 3.17. The molecule has 1 aromatic carbocycles. The van der Waals surface area contributed by atoms with Crippen molar-refractivity contribution in [2.45, 2.75) is 13.8 Å². The van der Waals surface area contributed by atoms with Gasteiger partial charge in [-0.2, -0.15) is 0 Å². The van der Waals surface area contributed by atoms with Gasteiger partial charge in [-0.3, -0.25) is 4.57 Å². The minimum atomic E-state index is 0.444. The lowest BCUT2D eigenvalue weighted by Gasteiger charge is -2.13. The van der Waals surface area contributed by atoms with Gasteiger partial charge in [-0.05, 0) is 59.1 Å². The Morgan fingerprint density at radius 2 is 1.70 bits per heavy atom. The molecule has 0 radical (unpaired) electrons. The molecule has 0 unspecified atom stereocenters. The van der Waals surface area contributed by atoms with Gasteiger partial charge in [0.05, 0.1) is 5.69 Å². The second kappa shape index (κ2) is 4.86. The minimum absolute atomic E-state index is 0.444. The van der Waals surface area contributed by atoms with Crippen LogP contribution in [-0.4, -0.2) is 14.5 Å². The van der Waals surface area contributed by atoms with E-state index in [9.17, 15) is 0 Å². The Kier molecular flexibility index (Phi) is 3.30. The van der Waals surface area contributed by atoms with Crippen LogP contribution in [0.3, 0.4) is 0 Å². The first kappa shape index (κ1) is 13.6. The lowest BCUT2D eigenvalue weighted by molar-refractivity contribution is 1.05. The normalized spacial score (nSPS) is 11.2. The SMILES string of the molecule is Cc1cc(Br)cc(C)c1-n1c(N)nc2cc(Br)cnc21. The van der Waals surface area contributed by atoms with Crippen molar-refractivity contribution in [2.24, 2.45) is 0 Å². The number of halogens is 2. The van der Waals surface area contributed by atoms with Crippen LogP contribution in [0.4, 0.5) is 5.95 Å². The number of nitrogens with zero attached hydrogens (tertiary/aromatic N) is 3. The van der Waals surface area contributed by atoms with Gasteiger partial charge in [-0.1, -0.05) is 15.9 Å². The summed E-state index contributed by atoms with van der Waals surface area (Å²) >= 11 is 6.91. The predicted octanol–water partition coefficient (Wildman–Crippen LogP) is 4.14. The molecule has 0 aliphatic heterocycles. The fourth-order valence-corrected chi connectivity index (χ4v) is 3.44. The smallest absolute Gasteiger partial charge is 0.207 e. The van der Waals surface area contributed by atoms with E-state index in [4.69, 9.17) is 5.73 Å². The Hall–Kier alpha value is -1.40. The summed E-state index contributed by atoms with van der Waals surface area (Å²) in [6, 6.07) is 6.04. The van der Waals surface area contributed by atoms with Gasteiger partial charge < -0.3 is 5.73 Å². The van der Waals surface area contributed by atoms with Crippen LogP contribution >= 0.6 is 31.9 Å². The lowest BCUT2D eigenvalue weighted by atomic mass is 10.1. The fourth-order valence-electron chi connectivity index (χ4n) is 2.43. The second-order valence-corrected chi connectivity index (χ2v) is 6.52. The second-order valence-electron chi connectivity index (χ2n) is 4.69. The topological polar surface area (TPSA) is 56.7 Å². The molecular formula is C14H12Br2N4. The Morgan fingerprint density at radius 3 is 2.35 bits per heavy atom. The van der Waals surface area contributed by atoms with E-state index in [1.54, 1.807) is 6.20 Å². The molecule has 0 spiro atoms. The van der Waals surface area contributed by atoms with E-state index in [2.05, 4.69) is 67.8 Å². The third-order valence-corrected chi connectivity index (χ3v) is 4.06. The molecule has 20 heavy (non-hydrogen) atoms. The van der Waals surface area contributed by atoms with Crippen molar-refractivity contribution < 1.29 is 0 Å². The third kappa shape index (κ3) is 2.13. The highest BCUT2D eigenvalue weighted by molar-refractivity contribution is 9.10. The number of hydrogen-bond donors (Lipinski definition) is 1. The van der Waals surface area contributed by atoms with Gasteiger partial charge in [0.2, 0.25) is 5.95 Å². The van der Waals surface area contributed by atoms with Crippen molar-refractivity contribution in [3.63, 3.8) is 0 Å². The van der Waals surface area contributed by atoms with Crippen molar-refractivity contribution in [2.75, 3.05) is 5.73 Å². The van der Waals surface area contributed by atoms with E-state index in [0.29, 0.717) is 5.95 Å². The largest absolute Gasteiger partial charge is 0.369 e.